The predicted octanol–water partition coefficient (Wildman–Crippen LogP) is 3.06. The molecular formula is C19H35N3O5. The van der Waals surface area contributed by atoms with Gasteiger partial charge in [-0.1, -0.05) is 0 Å². The summed E-state index contributed by atoms with van der Waals surface area (Å²) in [6.45, 7) is 12.3. The second-order valence-electron chi connectivity index (χ2n) is 8.94. The Kier molecular flexibility index (Phi) is 7.92. The zero-order valence-electron chi connectivity index (χ0n) is 17.5. The largest absolute Gasteiger partial charge is 0.465 e. The third-order valence-electron chi connectivity index (χ3n) is 4.27. The van der Waals surface area contributed by atoms with Gasteiger partial charge in [0.1, 0.15) is 11.6 Å². The molecule has 0 aromatic rings. The molecule has 1 heterocycles. The summed E-state index contributed by atoms with van der Waals surface area (Å²) in [5.41, 5.74) is -1.20. The molecule has 1 saturated heterocycles. The van der Waals surface area contributed by atoms with E-state index in [-0.39, 0.29) is 5.91 Å². The summed E-state index contributed by atoms with van der Waals surface area (Å²) in [5.74, 6) is -0.151. The predicted molar refractivity (Wildman–Crippen MR) is 103 cm³/mol. The van der Waals surface area contributed by atoms with Gasteiger partial charge in [-0.05, 0) is 67.2 Å². The second-order valence-corrected chi connectivity index (χ2v) is 8.94. The van der Waals surface area contributed by atoms with Gasteiger partial charge in [-0.2, -0.15) is 0 Å². The molecule has 1 fully saturated rings. The van der Waals surface area contributed by atoms with Crippen LogP contribution in [0.15, 0.2) is 0 Å². The van der Waals surface area contributed by atoms with Gasteiger partial charge in [-0.25, -0.2) is 9.59 Å². The lowest BCUT2D eigenvalue weighted by Crippen LogP contribution is -2.57. The first-order chi connectivity index (χ1) is 12.3. The fourth-order valence-electron chi connectivity index (χ4n) is 3.21. The minimum atomic E-state index is -1.07. The maximum atomic E-state index is 13.0. The Morgan fingerprint density at radius 2 is 1.85 bits per heavy atom. The van der Waals surface area contributed by atoms with Crippen LogP contribution in [0.3, 0.4) is 0 Å². The van der Waals surface area contributed by atoms with Crippen LogP contribution in [0.25, 0.3) is 0 Å². The first-order valence-corrected chi connectivity index (χ1v) is 9.61. The Bertz CT molecular complexity index is 536. The molecule has 8 nitrogen and oxygen atoms in total. The van der Waals surface area contributed by atoms with Crippen LogP contribution in [0, 0.1) is 0 Å². The third-order valence-corrected chi connectivity index (χ3v) is 4.27. The number of nitrogens with one attached hydrogen (secondary N) is 1. The van der Waals surface area contributed by atoms with Crippen molar-refractivity contribution in [3.8, 4) is 0 Å². The molecule has 1 atom stereocenters. The molecule has 8 heteroatoms. The normalized spacial score (nSPS) is 18.7. The number of hydrogen-bond acceptors (Lipinski definition) is 4. The molecule has 3 amide bonds. The fraction of sp³-hybridized carbons (Fsp3) is 0.842. The summed E-state index contributed by atoms with van der Waals surface area (Å²) in [5, 5.41) is 12.3. The SMILES string of the molecule is CC(C)(C)OC(=O)NCCCN1CCCCC(N(C(=O)O)C(C)(C)C)C1=O. The number of carbonyl (C=O) groups excluding carboxylic acids is 2. The van der Waals surface area contributed by atoms with Gasteiger partial charge in [-0.15, -0.1) is 0 Å². The van der Waals surface area contributed by atoms with Crippen LogP contribution in [0.2, 0.25) is 0 Å². The van der Waals surface area contributed by atoms with Crippen molar-refractivity contribution >= 4 is 18.1 Å². The smallest absolute Gasteiger partial charge is 0.408 e. The molecule has 2 N–H and O–H groups in total. The van der Waals surface area contributed by atoms with E-state index in [0.29, 0.717) is 32.5 Å². The highest BCUT2D eigenvalue weighted by molar-refractivity contribution is 5.86. The summed E-state index contributed by atoms with van der Waals surface area (Å²) < 4.78 is 5.18. The van der Waals surface area contributed by atoms with E-state index >= 15 is 0 Å². The van der Waals surface area contributed by atoms with E-state index in [1.165, 1.54) is 4.90 Å². The molecule has 156 valence electrons. The van der Waals surface area contributed by atoms with Gasteiger partial charge in [0.25, 0.3) is 0 Å². The molecule has 0 spiro atoms. The number of amides is 3. The van der Waals surface area contributed by atoms with Crippen molar-refractivity contribution in [2.75, 3.05) is 19.6 Å². The molecule has 0 bridgehead atoms. The Morgan fingerprint density at radius 1 is 1.22 bits per heavy atom. The third kappa shape index (κ3) is 7.64. The van der Waals surface area contributed by atoms with E-state index in [1.54, 1.807) is 46.4 Å². The summed E-state index contributed by atoms with van der Waals surface area (Å²) >= 11 is 0. The van der Waals surface area contributed by atoms with Crippen molar-refractivity contribution in [2.24, 2.45) is 0 Å². The first-order valence-electron chi connectivity index (χ1n) is 9.61. The Labute approximate surface area is 162 Å². The van der Waals surface area contributed by atoms with Crippen LogP contribution in [0.5, 0.6) is 0 Å². The van der Waals surface area contributed by atoms with E-state index in [9.17, 15) is 19.5 Å². The summed E-state index contributed by atoms with van der Waals surface area (Å²) in [6.07, 6.45) is 1.22. The fourth-order valence-corrected chi connectivity index (χ4v) is 3.21. The highest BCUT2D eigenvalue weighted by atomic mass is 16.6. The van der Waals surface area contributed by atoms with Crippen molar-refractivity contribution in [3.05, 3.63) is 0 Å². The number of carboxylic acid groups (broad SMARTS) is 1. The Balaban J connectivity index is 2.64. The van der Waals surface area contributed by atoms with E-state index in [2.05, 4.69) is 5.32 Å². The van der Waals surface area contributed by atoms with Crippen LogP contribution >= 0.6 is 0 Å². The molecule has 0 aromatic heterocycles. The molecule has 1 aliphatic heterocycles. The van der Waals surface area contributed by atoms with E-state index < -0.39 is 29.4 Å². The van der Waals surface area contributed by atoms with Crippen molar-refractivity contribution in [2.45, 2.75) is 84.4 Å². The number of nitrogens with zero attached hydrogens (tertiary/aromatic N) is 2. The van der Waals surface area contributed by atoms with E-state index in [4.69, 9.17) is 4.74 Å². The molecule has 1 unspecified atom stereocenters. The van der Waals surface area contributed by atoms with Gasteiger partial charge in [0, 0.05) is 25.2 Å². The number of ether oxygens (including phenoxy) is 1. The average Bonchev–Trinajstić information content (AvgIpc) is 2.63. The minimum Gasteiger partial charge on any atom is -0.465 e. The monoisotopic (exact) mass is 385 g/mol. The zero-order chi connectivity index (χ0) is 20.8. The minimum absolute atomic E-state index is 0.151. The zero-order valence-corrected chi connectivity index (χ0v) is 17.5. The number of hydrogen-bond donors (Lipinski definition) is 2. The van der Waals surface area contributed by atoms with E-state index in [1.807, 2.05) is 0 Å². The number of carbonyl (C=O) groups is 3. The molecular weight excluding hydrogens is 350 g/mol. The van der Waals surface area contributed by atoms with Crippen molar-refractivity contribution in [3.63, 3.8) is 0 Å². The molecule has 0 radical (unpaired) electrons. The summed E-state index contributed by atoms with van der Waals surface area (Å²) in [6, 6.07) is -0.663. The van der Waals surface area contributed by atoms with Gasteiger partial charge in [0.2, 0.25) is 5.91 Å². The Morgan fingerprint density at radius 3 is 2.37 bits per heavy atom. The van der Waals surface area contributed by atoms with Crippen LogP contribution in [0.4, 0.5) is 9.59 Å². The van der Waals surface area contributed by atoms with Crippen LogP contribution in [-0.2, 0) is 9.53 Å². The maximum Gasteiger partial charge on any atom is 0.408 e. The van der Waals surface area contributed by atoms with Gasteiger partial charge in [-0.3, -0.25) is 9.69 Å². The Hall–Kier alpha value is -1.99. The highest BCUT2D eigenvalue weighted by Gasteiger charge is 2.39. The van der Waals surface area contributed by atoms with Crippen LogP contribution in [0.1, 0.15) is 67.2 Å². The molecule has 27 heavy (non-hydrogen) atoms. The van der Waals surface area contributed by atoms with Crippen molar-refractivity contribution < 1.29 is 24.2 Å². The quantitative estimate of drug-likeness (QED) is 0.709. The van der Waals surface area contributed by atoms with Gasteiger partial charge < -0.3 is 20.1 Å². The summed E-state index contributed by atoms with van der Waals surface area (Å²) in [4.78, 5) is 39.4. The highest BCUT2D eigenvalue weighted by Crippen LogP contribution is 2.25. The van der Waals surface area contributed by atoms with Crippen LogP contribution in [-0.4, -0.2) is 69.8 Å². The standard InChI is InChI=1S/C19H35N3O5/c1-18(2,3)22(17(25)26)14-10-7-8-12-21(15(14)23)13-9-11-20-16(24)27-19(4,5)6/h14H,7-13H2,1-6H3,(H,20,24)(H,25,26). The second kappa shape index (κ2) is 9.28. The molecule has 1 aliphatic rings. The lowest BCUT2D eigenvalue weighted by Gasteiger charge is -2.39. The lowest BCUT2D eigenvalue weighted by atomic mass is 10.00. The lowest BCUT2D eigenvalue weighted by molar-refractivity contribution is -0.137. The molecule has 0 aliphatic carbocycles. The number of likely N-dealkylation sites (tertiary alicyclic amines) is 1. The van der Waals surface area contributed by atoms with Gasteiger partial charge in [0.15, 0.2) is 0 Å². The molecule has 0 saturated carbocycles. The number of rotatable bonds is 5. The topological polar surface area (TPSA) is 99.2 Å². The first kappa shape index (κ1) is 23.0. The average molecular weight is 386 g/mol. The van der Waals surface area contributed by atoms with Crippen LogP contribution < -0.4 is 5.32 Å². The van der Waals surface area contributed by atoms with E-state index in [0.717, 1.165) is 12.8 Å². The van der Waals surface area contributed by atoms with Crippen molar-refractivity contribution in [1.29, 1.82) is 0 Å². The molecule has 0 aromatic carbocycles. The van der Waals surface area contributed by atoms with Gasteiger partial charge >= 0.3 is 12.2 Å². The maximum absolute atomic E-state index is 13.0. The number of alkyl carbamates (subject to hydrolysis) is 1. The summed E-state index contributed by atoms with van der Waals surface area (Å²) in [7, 11) is 0. The molecule has 1 rings (SSSR count). The van der Waals surface area contributed by atoms with Crippen molar-refractivity contribution in [1.82, 2.24) is 15.1 Å². The van der Waals surface area contributed by atoms with Gasteiger partial charge in [0.05, 0.1) is 0 Å².